The van der Waals surface area contributed by atoms with Crippen LogP contribution in [0.5, 0.6) is 0 Å². The minimum absolute atomic E-state index is 0.274. The van der Waals surface area contributed by atoms with Gasteiger partial charge in [0.05, 0.1) is 12.7 Å². The second-order valence-corrected chi connectivity index (χ2v) is 5.57. The Morgan fingerprint density at radius 3 is 2.69 bits per heavy atom. The van der Waals surface area contributed by atoms with E-state index in [0.29, 0.717) is 13.2 Å². The Morgan fingerprint density at radius 2 is 2.19 bits per heavy atom. The van der Waals surface area contributed by atoms with E-state index in [9.17, 15) is 5.11 Å². The number of aliphatic hydroxyl groups excluding tert-OH is 1. The second kappa shape index (κ2) is 6.35. The van der Waals surface area contributed by atoms with Crippen LogP contribution in [0.2, 0.25) is 0 Å². The van der Waals surface area contributed by atoms with E-state index >= 15 is 0 Å². The average Bonchev–Trinajstić information content (AvgIpc) is 2.55. The van der Waals surface area contributed by atoms with Crippen LogP contribution in [0.1, 0.15) is 28.3 Å². The molecule has 16 heavy (non-hydrogen) atoms. The molecule has 0 saturated carbocycles. The zero-order valence-electron chi connectivity index (χ0n) is 10.4. The summed E-state index contributed by atoms with van der Waals surface area (Å²) in [6, 6.07) is 2.48. The lowest BCUT2D eigenvalue weighted by molar-refractivity contribution is 0.0630. The molecule has 2 N–H and O–H groups in total. The molecular formula is C12H21NO2S. The lowest BCUT2D eigenvalue weighted by Gasteiger charge is -2.16. The van der Waals surface area contributed by atoms with Gasteiger partial charge in [0, 0.05) is 29.5 Å². The van der Waals surface area contributed by atoms with Gasteiger partial charge < -0.3 is 15.2 Å². The molecule has 92 valence electrons. The molecule has 0 bridgehead atoms. The summed E-state index contributed by atoms with van der Waals surface area (Å²) < 4.78 is 4.88. The molecule has 0 saturated heterocycles. The van der Waals surface area contributed by atoms with Crippen molar-refractivity contribution in [2.45, 2.75) is 32.9 Å². The van der Waals surface area contributed by atoms with Crippen molar-refractivity contribution >= 4 is 11.3 Å². The summed E-state index contributed by atoms with van der Waals surface area (Å²) in [7, 11) is 1.60. The molecule has 0 spiro atoms. The highest BCUT2D eigenvalue weighted by Gasteiger charge is 2.12. The van der Waals surface area contributed by atoms with Gasteiger partial charge in [-0.15, -0.1) is 11.3 Å². The molecule has 3 nitrogen and oxygen atoms in total. The standard InChI is InChI=1S/C12H21NO2S/c1-8-5-12(10(3)16-8)9(2)13-6-11(14)7-15-4/h5,9,11,13-14H,6-7H2,1-4H3. The van der Waals surface area contributed by atoms with Crippen molar-refractivity contribution in [2.75, 3.05) is 20.3 Å². The molecule has 0 aromatic carbocycles. The monoisotopic (exact) mass is 243 g/mol. The number of methoxy groups -OCH3 is 1. The fourth-order valence-corrected chi connectivity index (χ4v) is 2.78. The number of aliphatic hydroxyl groups is 1. The highest BCUT2D eigenvalue weighted by atomic mass is 32.1. The van der Waals surface area contributed by atoms with Crippen molar-refractivity contribution in [3.05, 3.63) is 21.4 Å². The minimum atomic E-state index is -0.438. The molecule has 2 atom stereocenters. The second-order valence-electron chi connectivity index (χ2n) is 4.11. The van der Waals surface area contributed by atoms with Crippen LogP contribution in [0.4, 0.5) is 0 Å². The van der Waals surface area contributed by atoms with E-state index in [4.69, 9.17) is 4.74 Å². The first-order valence-corrected chi connectivity index (χ1v) is 6.33. The molecule has 0 fully saturated rings. The summed E-state index contributed by atoms with van der Waals surface area (Å²) in [6.45, 7) is 7.31. The molecule has 2 unspecified atom stereocenters. The van der Waals surface area contributed by atoms with E-state index in [1.807, 2.05) is 11.3 Å². The maximum absolute atomic E-state index is 9.53. The van der Waals surface area contributed by atoms with Crippen LogP contribution in [0.25, 0.3) is 0 Å². The van der Waals surface area contributed by atoms with Crippen molar-refractivity contribution in [3.8, 4) is 0 Å². The molecular weight excluding hydrogens is 222 g/mol. The third kappa shape index (κ3) is 3.87. The third-order valence-electron chi connectivity index (χ3n) is 2.56. The number of aryl methyl sites for hydroxylation is 2. The smallest absolute Gasteiger partial charge is 0.0897 e. The summed E-state index contributed by atoms with van der Waals surface area (Å²) in [6.07, 6.45) is -0.438. The van der Waals surface area contributed by atoms with Crippen molar-refractivity contribution in [1.29, 1.82) is 0 Å². The summed E-state index contributed by atoms with van der Waals surface area (Å²) in [5.41, 5.74) is 1.33. The Hall–Kier alpha value is -0.420. The topological polar surface area (TPSA) is 41.5 Å². The van der Waals surface area contributed by atoms with E-state index < -0.39 is 6.10 Å². The molecule has 0 aliphatic heterocycles. The zero-order valence-corrected chi connectivity index (χ0v) is 11.2. The van der Waals surface area contributed by atoms with Gasteiger partial charge in [0.1, 0.15) is 0 Å². The van der Waals surface area contributed by atoms with Gasteiger partial charge in [0.15, 0.2) is 0 Å². The van der Waals surface area contributed by atoms with Gasteiger partial charge in [-0.3, -0.25) is 0 Å². The van der Waals surface area contributed by atoms with Gasteiger partial charge in [-0.25, -0.2) is 0 Å². The molecule has 1 rings (SSSR count). The van der Waals surface area contributed by atoms with E-state index in [2.05, 4.69) is 32.2 Å². The van der Waals surface area contributed by atoms with Crippen molar-refractivity contribution in [3.63, 3.8) is 0 Å². The first-order chi connectivity index (χ1) is 7.54. The van der Waals surface area contributed by atoms with Crippen LogP contribution in [0.3, 0.4) is 0 Å². The van der Waals surface area contributed by atoms with E-state index in [-0.39, 0.29) is 6.04 Å². The van der Waals surface area contributed by atoms with Gasteiger partial charge in [-0.2, -0.15) is 0 Å². The molecule has 0 radical (unpaired) electrons. The van der Waals surface area contributed by atoms with E-state index in [1.165, 1.54) is 15.3 Å². The minimum Gasteiger partial charge on any atom is -0.389 e. The number of hydrogen-bond acceptors (Lipinski definition) is 4. The highest BCUT2D eigenvalue weighted by Crippen LogP contribution is 2.25. The fraction of sp³-hybridized carbons (Fsp3) is 0.667. The average molecular weight is 243 g/mol. The molecule has 0 aliphatic carbocycles. The van der Waals surface area contributed by atoms with Crippen LogP contribution >= 0.6 is 11.3 Å². The number of rotatable bonds is 6. The normalized spacial score (nSPS) is 15.1. The first-order valence-electron chi connectivity index (χ1n) is 5.52. The Kier molecular flexibility index (Phi) is 5.41. The quantitative estimate of drug-likeness (QED) is 0.803. The summed E-state index contributed by atoms with van der Waals surface area (Å²) >= 11 is 1.81. The maximum atomic E-state index is 9.53. The largest absolute Gasteiger partial charge is 0.389 e. The Balaban J connectivity index is 2.46. The Labute approximate surface area is 101 Å². The lowest BCUT2D eigenvalue weighted by Crippen LogP contribution is -2.31. The van der Waals surface area contributed by atoms with Crippen LogP contribution in [-0.4, -0.2) is 31.5 Å². The van der Waals surface area contributed by atoms with Gasteiger partial charge >= 0.3 is 0 Å². The molecule has 0 aliphatic rings. The number of ether oxygens (including phenoxy) is 1. The number of nitrogens with one attached hydrogen (secondary N) is 1. The predicted molar refractivity (Wildman–Crippen MR) is 68.1 cm³/mol. The van der Waals surface area contributed by atoms with Gasteiger partial charge in [0.25, 0.3) is 0 Å². The predicted octanol–water partition coefficient (Wildman–Crippen LogP) is 2.02. The molecule has 1 aromatic heterocycles. The Morgan fingerprint density at radius 1 is 1.50 bits per heavy atom. The van der Waals surface area contributed by atoms with Crippen LogP contribution in [0.15, 0.2) is 6.07 Å². The molecule has 4 heteroatoms. The summed E-state index contributed by atoms with van der Waals surface area (Å²) in [5.74, 6) is 0. The van der Waals surface area contributed by atoms with Crippen LogP contribution in [0, 0.1) is 13.8 Å². The number of thiophene rings is 1. The van der Waals surface area contributed by atoms with Gasteiger partial charge in [0.2, 0.25) is 0 Å². The van der Waals surface area contributed by atoms with Gasteiger partial charge in [-0.1, -0.05) is 0 Å². The van der Waals surface area contributed by atoms with Crippen molar-refractivity contribution in [2.24, 2.45) is 0 Å². The van der Waals surface area contributed by atoms with E-state index in [1.54, 1.807) is 7.11 Å². The van der Waals surface area contributed by atoms with Crippen molar-refractivity contribution in [1.82, 2.24) is 5.32 Å². The first kappa shape index (κ1) is 13.6. The van der Waals surface area contributed by atoms with Crippen molar-refractivity contribution < 1.29 is 9.84 Å². The SMILES string of the molecule is COCC(O)CNC(C)c1cc(C)sc1C. The van der Waals surface area contributed by atoms with Gasteiger partial charge in [-0.05, 0) is 32.4 Å². The molecule has 0 amide bonds. The summed E-state index contributed by atoms with van der Waals surface area (Å²) in [5, 5.41) is 12.8. The third-order valence-corrected chi connectivity index (χ3v) is 3.55. The lowest BCUT2D eigenvalue weighted by atomic mass is 10.1. The fourth-order valence-electron chi connectivity index (χ4n) is 1.75. The maximum Gasteiger partial charge on any atom is 0.0897 e. The zero-order chi connectivity index (χ0) is 12.1. The highest BCUT2D eigenvalue weighted by molar-refractivity contribution is 7.12. The summed E-state index contributed by atoms with van der Waals surface area (Å²) in [4.78, 5) is 2.68. The molecule has 1 aromatic rings. The Bertz CT molecular complexity index is 325. The van der Waals surface area contributed by atoms with Crippen LogP contribution in [-0.2, 0) is 4.74 Å². The van der Waals surface area contributed by atoms with E-state index in [0.717, 1.165) is 0 Å². The molecule has 1 heterocycles. The van der Waals surface area contributed by atoms with Crippen LogP contribution < -0.4 is 5.32 Å². The number of hydrogen-bond donors (Lipinski definition) is 2.